The Morgan fingerprint density at radius 3 is 2.95 bits per heavy atom. The quantitative estimate of drug-likeness (QED) is 0.792. The van der Waals surface area contributed by atoms with E-state index in [9.17, 15) is 5.11 Å². The summed E-state index contributed by atoms with van der Waals surface area (Å²) in [4.78, 5) is 2.26. The molecule has 1 N–H and O–H groups in total. The van der Waals surface area contributed by atoms with Gasteiger partial charge >= 0.3 is 0 Å². The summed E-state index contributed by atoms with van der Waals surface area (Å²) in [6, 6.07) is 9.90. The molecule has 1 unspecified atom stereocenters. The average Bonchev–Trinajstić information content (AvgIpc) is 2.64. The normalized spacial score (nSPS) is 21.0. The van der Waals surface area contributed by atoms with Crippen molar-refractivity contribution >= 4 is 0 Å². The van der Waals surface area contributed by atoms with E-state index in [1.165, 1.54) is 0 Å². The minimum atomic E-state index is -0.344. The van der Waals surface area contributed by atoms with Crippen LogP contribution in [0.1, 0.15) is 12.8 Å². The van der Waals surface area contributed by atoms with Crippen LogP contribution >= 0.6 is 0 Å². The number of para-hydroxylation sites is 1. The smallest absolute Gasteiger partial charge is 0.119 e. The van der Waals surface area contributed by atoms with Crippen LogP contribution in [-0.4, -0.2) is 55.6 Å². The van der Waals surface area contributed by atoms with Gasteiger partial charge < -0.3 is 14.6 Å². The summed E-state index contributed by atoms with van der Waals surface area (Å²) in [5.41, 5.74) is 0. The number of rotatable bonds is 6. The molecule has 4 heteroatoms. The number of aliphatic hydroxyl groups excluding tert-OH is 1. The number of nitrogens with zero attached hydrogens (tertiary/aromatic N) is 1. The lowest BCUT2D eigenvalue weighted by atomic mass is 10.2. The van der Waals surface area contributed by atoms with Crippen molar-refractivity contribution in [2.45, 2.75) is 18.9 Å². The van der Waals surface area contributed by atoms with Crippen molar-refractivity contribution in [3.63, 3.8) is 0 Å². The Labute approximate surface area is 114 Å². The molecule has 1 aromatic carbocycles. The van der Waals surface area contributed by atoms with E-state index in [1.54, 1.807) is 0 Å². The molecule has 0 amide bonds. The van der Waals surface area contributed by atoms with Crippen molar-refractivity contribution in [2.75, 3.05) is 39.5 Å². The number of aliphatic hydroxyl groups is 1. The number of hydrogen-bond acceptors (Lipinski definition) is 4. The lowest BCUT2D eigenvalue weighted by molar-refractivity contribution is 0.0564. The number of unbranched alkanes of at least 4 members (excludes halogenated alkanes) is 1. The number of hydrogen-bond donors (Lipinski definition) is 1. The predicted octanol–water partition coefficient (Wildman–Crippen LogP) is 1.54. The van der Waals surface area contributed by atoms with E-state index in [4.69, 9.17) is 9.47 Å². The van der Waals surface area contributed by atoms with E-state index in [1.807, 2.05) is 30.3 Å². The van der Waals surface area contributed by atoms with E-state index < -0.39 is 0 Å². The van der Waals surface area contributed by atoms with Crippen LogP contribution in [0, 0.1) is 0 Å². The molecule has 106 valence electrons. The minimum Gasteiger partial charge on any atom is -0.494 e. The highest BCUT2D eigenvalue weighted by Crippen LogP contribution is 2.09. The van der Waals surface area contributed by atoms with E-state index >= 15 is 0 Å². The van der Waals surface area contributed by atoms with Gasteiger partial charge in [0.05, 0.1) is 25.9 Å². The fraction of sp³-hybridized carbons (Fsp3) is 0.600. The van der Waals surface area contributed by atoms with Crippen molar-refractivity contribution < 1.29 is 14.6 Å². The molecule has 1 fully saturated rings. The summed E-state index contributed by atoms with van der Waals surface area (Å²) in [5, 5.41) is 9.62. The first-order valence-corrected chi connectivity index (χ1v) is 7.00. The van der Waals surface area contributed by atoms with Gasteiger partial charge in [0.15, 0.2) is 0 Å². The van der Waals surface area contributed by atoms with Crippen molar-refractivity contribution in [1.29, 1.82) is 0 Å². The zero-order chi connectivity index (χ0) is 13.3. The zero-order valence-corrected chi connectivity index (χ0v) is 11.3. The third-order valence-corrected chi connectivity index (χ3v) is 3.21. The van der Waals surface area contributed by atoms with Crippen LogP contribution in [0.15, 0.2) is 30.3 Å². The first-order valence-electron chi connectivity index (χ1n) is 7.00. The fourth-order valence-electron chi connectivity index (χ4n) is 2.20. The maximum atomic E-state index is 9.62. The Hall–Kier alpha value is -1.10. The second-order valence-electron chi connectivity index (χ2n) is 4.90. The summed E-state index contributed by atoms with van der Waals surface area (Å²) in [5.74, 6) is 0.932. The maximum absolute atomic E-state index is 9.62. The van der Waals surface area contributed by atoms with Crippen LogP contribution in [0.5, 0.6) is 5.75 Å². The highest BCUT2D eigenvalue weighted by atomic mass is 16.5. The third kappa shape index (κ3) is 5.59. The molecule has 4 nitrogen and oxygen atoms in total. The van der Waals surface area contributed by atoms with Crippen molar-refractivity contribution in [3.8, 4) is 5.75 Å². The van der Waals surface area contributed by atoms with Gasteiger partial charge in [0.25, 0.3) is 0 Å². The van der Waals surface area contributed by atoms with Crippen molar-refractivity contribution in [1.82, 2.24) is 4.90 Å². The van der Waals surface area contributed by atoms with E-state index in [0.717, 1.165) is 51.4 Å². The third-order valence-electron chi connectivity index (χ3n) is 3.21. The fourth-order valence-corrected chi connectivity index (χ4v) is 2.20. The van der Waals surface area contributed by atoms with Gasteiger partial charge in [-0.1, -0.05) is 18.2 Å². The number of β-amino-alcohol motifs (C(OH)–C–C–N with tert-alkyl or cyclic N) is 1. The molecule has 19 heavy (non-hydrogen) atoms. The molecule has 0 aromatic heterocycles. The van der Waals surface area contributed by atoms with Crippen LogP contribution in [0.4, 0.5) is 0 Å². The largest absolute Gasteiger partial charge is 0.494 e. The Balaban J connectivity index is 1.56. The zero-order valence-electron chi connectivity index (χ0n) is 11.3. The van der Waals surface area contributed by atoms with Gasteiger partial charge in [-0.05, 0) is 31.5 Å². The van der Waals surface area contributed by atoms with Gasteiger partial charge in [0.1, 0.15) is 5.75 Å². The molecule has 1 aromatic rings. The minimum absolute atomic E-state index is 0.344. The summed E-state index contributed by atoms with van der Waals surface area (Å²) < 4.78 is 11.0. The van der Waals surface area contributed by atoms with Crippen LogP contribution < -0.4 is 4.74 Å². The van der Waals surface area contributed by atoms with Crippen LogP contribution in [0.3, 0.4) is 0 Å². The van der Waals surface area contributed by atoms with Crippen molar-refractivity contribution in [3.05, 3.63) is 30.3 Å². The first kappa shape index (κ1) is 14.3. The van der Waals surface area contributed by atoms with E-state index in [2.05, 4.69) is 4.90 Å². The van der Waals surface area contributed by atoms with Crippen LogP contribution in [0.2, 0.25) is 0 Å². The molecule has 1 heterocycles. The molecule has 0 spiro atoms. The standard InChI is InChI=1S/C15H23NO3/c17-14-12-16(9-11-18-13-14)8-4-5-10-19-15-6-2-1-3-7-15/h1-3,6-7,14,17H,4-5,8-13H2. The molecule has 0 radical (unpaired) electrons. The molecule has 1 saturated heterocycles. The Kier molecular flexibility index (Phi) is 6.14. The van der Waals surface area contributed by atoms with E-state index in [0.29, 0.717) is 6.61 Å². The van der Waals surface area contributed by atoms with Crippen molar-refractivity contribution in [2.24, 2.45) is 0 Å². The van der Waals surface area contributed by atoms with Gasteiger partial charge in [0, 0.05) is 13.1 Å². The first-order chi connectivity index (χ1) is 9.34. The monoisotopic (exact) mass is 265 g/mol. The van der Waals surface area contributed by atoms with Gasteiger partial charge in [-0.15, -0.1) is 0 Å². The lowest BCUT2D eigenvalue weighted by Crippen LogP contribution is -2.33. The Morgan fingerprint density at radius 2 is 2.11 bits per heavy atom. The van der Waals surface area contributed by atoms with Crippen LogP contribution in [0.25, 0.3) is 0 Å². The number of benzene rings is 1. The molecule has 1 atom stereocenters. The summed E-state index contributed by atoms with van der Waals surface area (Å²) >= 11 is 0. The number of ether oxygens (including phenoxy) is 2. The van der Waals surface area contributed by atoms with E-state index in [-0.39, 0.29) is 6.10 Å². The summed E-state index contributed by atoms with van der Waals surface area (Å²) in [7, 11) is 0. The average molecular weight is 265 g/mol. The van der Waals surface area contributed by atoms with Gasteiger partial charge in [0.2, 0.25) is 0 Å². The molecule has 0 bridgehead atoms. The predicted molar refractivity (Wildman–Crippen MR) is 74.4 cm³/mol. The molecule has 0 saturated carbocycles. The van der Waals surface area contributed by atoms with Gasteiger partial charge in [-0.25, -0.2) is 0 Å². The highest BCUT2D eigenvalue weighted by Gasteiger charge is 2.15. The highest BCUT2D eigenvalue weighted by molar-refractivity contribution is 5.20. The lowest BCUT2D eigenvalue weighted by Gasteiger charge is -2.20. The molecular weight excluding hydrogens is 242 g/mol. The molecule has 1 aliphatic rings. The molecule has 0 aliphatic carbocycles. The summed E-state index contributed by atoms with van der Waals surface area (Å²) in [6.07, 6.45) is 1.77. The molecule has 2 rings (SSSR count). The molecular formula is C15H23NO3. The second kappa shape index (κ2) is 8.15. The maximum Gasteiger partial charge on any atom is 0.119 e. The molecule has 1 aliphatic heterocycles. The Morgan fingerprint density at radius 1 is 1.26 bits per heavy atom. The van der Waals surface area contributed by atoms with Crippen LogP contribution in [-0.2, 0) is 4.74 Å². The van der Waals surface area contributed by atoms with Gasteiger partial charge in [-0.2, -0.15) is 0 Å². The van der Waals surface area contributed by atoms with Gasteiger partial charge in [-0.3, -0.25) is 4.90 Å². The SMILES string of the molecule is OC1COCCN(CCCCOc2ccccc2)C1. The second-order valence-corrected chi connectivity index (χ2v) is 4.90. The Bertz CT molecular complexity index is 345. The summed E-state index contributed by atoms with van der Waals surface area (Å²) in [6.45, 7) is 4.57. The topological polar surface area (TPSA) is 41.9 Å².